The Hall–Kier alpha value is -2.22. The first kappa shape index (κ1) is 15.2. The molecule has 0 fully saturated rings. The zero-order valence-corrected chi connectivity index (χ0v) is 11.4. The van der Waals surface area contributed by atoms with E-state index >= 15 is 0 Å². The first-order valence-electron chi connectivity index (χ1n) is 5.77. The van der Waals surface area contributed by atoms with Gasteiger partial charge in [-0.25, -0.2) is 9.97 Å². The number of halogens is 3. The van der Waals surface area contributed by atoms with E-state index in [1.165, 1.54) is 24.5 Å². The minimum absolute atomic E-state index is 0.113. The summed E-state index contributed by atoms with van der Waals surface area (Å²) < 4.78 is 44.2. The highest BCUT2D eigenvalue weighted by atomic mass is 32.1. The van der Waals surface area contributed by atoms with Gasteiger partial charge < -0.3 is 10.5 Å². The number of rotatable bonds is 4. The van der Waals surface area contributed by atoms with Crippen molar-refractivity contribution in [3.8, 4) is 5.75 Å². The standard InChI is InChI=1S/C13H10F3N3OS/c14-13(15,16)9-6-8(12(17)21)2-3-10(9)20-7-11-18-4-1-5-19-11/h1-6H,7H2,(H2,17,21). The monoisotopic (exact) mass is 313 g/mol. The zero-order valence-electron chi connectivity index (χ0n) is 10.6. The van der Waals surface area contributed by atoms with Gasteiger partial charge in [-0.05, 0) is 24.3 Å². The maximum Gasteiger partial charge on any atom is 0.419 e. The summed E-state index contributed by atoms with van der Waals surface area (Å²) in [6, 6.07) is 5.02. The summed E-state index contributed by atoms with van der Waals surface area (Å²) in [6.07, 6.45) is -1.62. The molecule has 2 aromatic rings. The first-order valence-corrected chi connectivity index (χ1v) is 6.18. The number of nitrogens with zero attached hydrogens (tertiary/aromatic N) is 2. The molecule has 4 nitrogen and oxygen atoms in total. The van der Waals surface area contributed by atoms with Gasteiger partial charge in [0.25, 0.3) is 0 Å². The average Bonchev–Trinajstić information content (AvgIpc) is 2.45. The molecule has 0 saturated heterocycles. The van der Waals surface area contributed by atoms with Crippen LogP contribution in [0, 0.1) is 0 Å². The van der Waals surface area contributed by atoms with E-state index in [9.17, 15) is 13.2 Å². The molecule has 21 heavy (non-hydrogen) atoms. The van der Waals surface area contributed by atoms with Crippen LogP contribution in [0.25, 0.3) is 0 Å². The fourth-order valence-corrected chi connectivity index (χ4v) is 1.70. The molecule has 0 spiro atoms. The Labute approximate surface area is 123 Å². The maximum absolute atomic E-state index is 13.0. The van der Waals surface area contributed by atoms with Gasteiger partial charge >= 0.3 is 6.18 Å². The summed E-state index contributed by atoms with van der Waals surface area (Å²) in [5, 5.41) is 0. The van der Waals surface area contributed by atoms with E-state index in [-0.39, 0.29) is 28.7 Å². The maximum atomic E-state index is 13.0. The molecule has 1 aromatic carbocycles. The predicted octanol–water partition coefficient (Wildman–Crippen LogP) is 2.71. The Morgan fingerprint density at radius 2 is 1.90 bits per heavy atom. The molecule has 110 valence electrons. The number of aromatic nitrogens is 2. The molecule has 0 bridgehead atoms. The van der Waals surface area contributed by atoms with Gasteiger partial charge in [0.2, 0.25) is 0 Å². The Bertz CT molecular complexity index is 647. The van der Waals surface area contributed by atoms with Crippen LogP contribution in [0.2, 0.25) is 0 Å². The predicted molar refractivity (Wildman–Crippen MR) is 73.7 cm³/mol. The lowest BCUT2D eigenvalue weighted by Crippen LogP contribution is -2.14. The molecule has 0 radical (unpaired) electrons. The molecule has 2 rings (SSSR count). The number of hydrogen-bond acceptors (Lipinski definition) is 4. The van der Waals surface area contributed by atoms with Gasteiger partial charge in [0.15, 0.2) is 5.82 Å². The van der Waals surface area contributed by atoms with Crippen molar-refractivity contribution in [1.82, 2.24) is 9.97 Å². The summed E-state index contributed by atoms with van der Waals surface area (Å²) in [4.78, 5) is 7.63. The SMILES string of the molecule is NC(=S)c1ccc(OCc2ncccn2)c(C(F)(F)F)c1. The third-order valence-corrected chi connectivity index (χ3v) is 2.78. The van der Waals surface area contributed by atoms with E-state index in [0.29, 0.717) is 0 Å². The van der Waals surface area contributed by atoms with Crippen LogP contribution >= 0.6 is 12.2 Å². The van der Waals surface area contributed by atoms with Crippen LogP contribution in [-0.2, 0) is 12.8 Å². The van der Waals surface area contributed by atoms with Crippen molar-refractivity contribution in [2.75, 3.05) is 0 Å². The molecule has 0 aliphatic heterocycles. The largest absolute Gasteiger partial charge is 0.485 e. The highest BCUT2D eigenvalue weighted by Crippen LogP contribution is 2.37. The molecule has 1 aromatic heterocycles. The van der Waals surface area contributed by atoms with Crippen molar-refractivity contribution in [3.63, 3.8) is 0 Å². The van der Waals surface area contributed by atoms with E-state index in [1.807, 2.05) is 0 Å². The van der Waals surface area contributed by atoms with Gasteiger partial charge in [-0.2, -0.15) is 13.2 Å². The van der Waals surface area contributed by atoms with Crippen LogP contribution in [0.1, 0.15) is 17.0 Å². The van der Waals surface area contributed by atoms with Crippen molar-refractivity contribution >= 4 is 17.2 Å². The number of hydrogen-bond donors (Lipinski definition) is 1. The fraction of sp³-hybridized carbons (Fsp3) is 0.154. The van der Waals surface area contributed by atoms with Crippen LogP contribution in [0.15, 0.2) is 36.7 Å². The number of nitrogens with two attached hydrogens (primary N) is 1. The van der Waals surface area contributed by atoms with Gasteiger partial charge in [0, 0.05) is 18.0 Å². The van der Waals surface area contributed by atoms with Crippen LogP contribution in [-0.4, -0.2) is 15.0 Å². The Morgan fingerprint density at radius 1 is 1.24 bits per heavy atom. The summed E-state index contributed by atoms with van der Waals surface area (Å²) in [5.74, 6) is -0.0426. The van der Waals surface area contributed by atoms with Crippen molar-refractivity contribution in [1.29, 1.82) is 0 Å². The summed E-state index contributed by atoms with van der Waals surface area (Å²) in [7, 11) is 0. The second kappa shape index (κ2) is 6.04. The van der Waals surface area contributed by atoms with Crippen molar-refractivity contribution < 1.29 is 17.9 Å². The Kier molecular flexibility index (Phi) is 4.37. The van der Waals surface area contributed by atoms with Gasteiger partial charge in [-0.1, -0.05) is 12.2 Å². The smallest absolute Gasteiger partial charge is 0.419 e. The topological polar surface area (TPSA) is 61.0 Å². The van der Waals surface area contributed by atoms with E-state index in [4.69, 9.17) is 10.5 Å². The summed E-state index contributed by atoms with van der Waals surface area (Å²) in [5.41, 5.74) is 4.53. The summed E-state index contributed by atoms with van der Waals surface area (Å²) >= 11 is 4.68. The van der Waals surface area contributed by atoms with Gasteiger partial charge in [-0.3, -0.25) is 0 Å². The number of ether oxygens (including phenoxy) is 1. The molecule has 8 heteroatoms. The minimum atomic E-state index is -4.58. The van der Waals surface area contributed by atoms with E-state index in [2.05, 4.69) is 22.2 Å². The molecular formula is C13H10F3N3OS. The van der Waals surface area contributed by atoms with Gasteiger partial charge in [0.1, 0.15) is 17.3 Å². The molecule has 0 aliphatic rings. The minimum Gasteiger partial charge on any atom is -0.485 e. The van der Waals surface area contributed by atoms with Gasteiger partial charge in [0.05, 0.1) is 5.56 Å². The number of benzene rings is 1. The molecule has 0 aliphatic carbocycles. The third kappa shape index (κ3) is 3.88. The number of thiocarbonyl (C=S) groups is 1. The van der Waals surface area contributed by atoms with Crippen LogP contribution < -0.4 is 10.5 Å². The van der Waals surface area contributed by atoms with E-state index in [1.54, 1.807) is 6.07 Å². The number of alkyl halides is 3. The van der Waals surface area contributed by atoms with Crippen molar-refractivity contribution in [2.24, 2.45) is 5.73 Å². The second-order valence-electron chi connectivity index (χ2n) is 4.03. The van der Waals surface area contributed by atoms with E-state index in [0.717, 1.165) is 6.07 Å². The lowest BCUT2D eigenvalue weighted by molar-refractivity contribution is -0.139. The van der Waals surface area contributed by atoms with Crippen LogP contribution in [0.3, 0.4) is 0 Å². The first-order chi connectivity index (χ1) is 9.88. The molecule has 2 N–H and O–H groups in total. The highest BCUT2D eigenvalue weighted by molar-refractivity contribution is 7.80. The average molecular weight is 313 g/mol. The molecule has 0 amide bonds. The Balaban J connectivity index is 2.28. The van der Waals surface area contributed by atoms with Gasteiger partial charge in [-0.15, -0.1) is 0 Å². The van der Waals surface area contributed by atoms with Crippen LogP contribution in [0.5, 0.6) is 5.75 Å². The lowest BCUT2D eigenvalue weighted by Gasteiger charge is -2.14. The Morgan fingerprint density at radius 3 is 2.48 bits per heavy atom. The van der Waals surface area contributed by atoms with Crippen molar-refractivity contribution in [2.45, 2.75) is 12.8 Å². The van der Waals surface area contributed by atoms with Crippen molar-refractivity contribution in [3.05, 3.63) is 53.6 Å². The normalized spacial score (nSPS) is 11.2. The van der Waals surface area contributed by atoms with Crippen LogP contribution in [0.4, 0.5) is 13.2 Å². The molecule has 0 unspecified atom stereocenters. The highest BCUT2D eigenvalue weighted by Gasteiger charge is 2.35. The fourth-order valence-electron chi connectivity index (χ4n) is 1.58. The molecule has 0 atom stereocenters. The quantitative estimate of drug-likeness (QED) is 0.880. The molecular weight excluding hydrogens is 303 g/mol. The summed E-state index contributed by atoms with van der Waals surface area (Å²) in [6.45, 7) is -0.170. The molecule has 1 heterocycles. The molecule has 0 saturated carbocycles. The van der Waals surface area contributed by atoms with E-state index < -0.39 is 11.7 Å². The lowest BCUT2D eigenvalue weighted by atomic mass is 10.1. The zero-order chi connectivity index (χ0) is 15.5. The third-order valence-electron chi connectivity index (χ3n) is 2.55. The second-order valence-corrected chi connectivity index (χ2v) is 4.47.